The second-order valence-corrected chi connectivity index (χ2v) is 6.14. The first-order valence-corrected chi connectivity index (χ1v) is 7.80. The maximum absolute atomic E-state index is 12.8. The van der Waals surface area contributed by atoms with Gasteiger partial charge in [0.2, 0.25) is 5.43 Å². The van der Waals surface area contributed by atoms with Gasteiger partial charge in [-0.15, -0.1) is 0 Å². The molecule has 1 heterocycles. The summed E-state index contributed by atoms with van der Waals surface area (Å²) in [5, 5.41) is 29.8. The number of rotatable bonds is 3. The van der Waals surface area contributed by atoms with Crippen LogP contribution in [0.4, 0.5) is 0 Å². The molecule has 0 fully saturated rings. The monoisotopic (exact) mass is 338 g/mol. The van der Waals surface area contributed by atoms with Crippen molar-refractivity contribution in [1.29, 1.82) is 0 Å². The van der Waals surface area contributed by atoms with Gasteiger partial charge in [-0.2, -0.15) is 0 Å². The van der Waals surface area contributed by atoms with Crippen molar-refractivity contribution in [2.24, 2.45) is 0 Å². The molecule has 0 spiro atoms. The third-order valence-electron chi connectivity index (χ3n) is 3.98. The van der Waals surface area contributed by atoms with Crippen molar-refractivity contribution in [3.63, 3.8) is 0 Å². The first kappa shape index (κ1) is 16.6. The third kappa shape index (κ3) is 3.21. The number of fused-ring (bicyclic) bond motifs is 1. The number of hydrogen-bond acceptors (Lipinski definition) is 5. The first-order chi connectivity index (χ1) is 11.9. The molecule has 3 N–H and O–H groups in total. The Balaban J connectivity index is 2.20. The lowest BCUT2D eigenvalue weighted by Crippen LogP contribution is -2.05. The van der Waals surface area contributed by atoms with Gasteiger partial charge in [-0.1, -0.05) is 11.6 Å². The zero-order chi connectivity index (χ0) is 18.1. The van der Waals surface area contributed by atoms with Gasteiger partial charge in [-0.05, 0) is 44.0 Å². The van der Waals surface area contributed by atoms with E-state index in [-0.39, 0.29) is 39.4 Å². The topological polar surface area (TPSA) is 90.9 Å². The molecule has 0 aliphatic heterocycles. The Morgan fingerprint density at radius 3 is 2.48 bits per heavy atom. The fourth-order valence-corrected chi connectivity index (χ4v) is 2.62. The maximum Gasteiger partial charge on any atom is 0.200 e. The molecule has 3 aromatic rings. The Morgan fingerprint density at radius 1 is 1.04 bits per heavy atom. The number of aromatic hydroxyl groups is 3. The second-order valence-electron chi connectivity index (χ2n) is 6.14. The Hall–Kier alpha value is -3.21. The van der Waals surface area contributed by atoms with E-state index in [1.54, 1.807) is 6.07 Å². The maximum atomic E-state index is 12.8. The minimum absolute atomic E-state index is 0.0633. The van der Waals surface area contributed by atoms with Crippen LogP contribution in [-0.4, -0.2) is 15.3 Å². The van der Waals surface area contributed by atoms with Crippen molar-refractivity contribution in [3.8, 4) is 28.4 Å². The molecule has 0 saturated carbocycles. The van der Waals surface area contributed by atoms with Crippen molar-refractivity contribution in [2.45, 2.75) is 20.3 Å². The van der Waals surface area contributed by atoms with Gasteiger partial charge in [0.25, 0.3) is 0 Å². The summed E-state index contributed by atoms with van der Waals surface area (Å²) >= 11 is 0. The van der Waals surface area contributed by atoms with Crippen molar-refractivity contribution in [1.82, 2.24) is 0 Å². The molecule has 0 radical (unpaired) electrons. The third-order valence-corrected chi connectivity index (χ3v) is 3.98. The summed E-state index contributed by atoms with van der Waals surface area (Å²) in [6, 6.07) is 7.03. The highest BCUT2D eigenvalue weighted by atomic mass is 16.3. The lowest BCUT2D eigenvalue weighted by molar-refractivity contribution is 0.451. The molecule has 0 amide bonds. The largest absolute Gasteiger partial charge is 0.508 e. The van der Waals surface area contributed by atoms with Gasteiger partial charge in [-0.3, -0.25) is 4.79 Å². The number of benzene rings is 2. The summed E-state index contributed by atoms with van der Waals surface area (Å²) < 4.78 is 5.48. The van der Waals surface area contributed by atoms with Crippen LogP contribution in [0.5, 0.6) is 17.2 Å². The van der Waals surface area contributed by atoms with Crippen LogP contribution >= 0.6 is 0 Å². The van der Waals surface area contributed by atoms with E-state index in [9.17, 15) is 20.1 Å². The van der Waals surface area contributed by atoms with Gasteiger partial charge < -0.3 is 19.7 Å². The van der Waals surface area contributed by atoms with Crippen LogP contribution in [0.1, 0.15) is 19.4 Å². The Kier molecular flexibility index (Phi) is 4.23. The van der Waals surface area contributed by atoms with Gasteiger partial charge in [0.05, 0.1) is 10.9 Å². The van der Waals surface area contributed by atoms with Gasteiger partial charge >= 0.3 is 0 Å². The van der Waals surface area contributed by atoms with Crippen LogP contribution in [0.15, 0.2) is 57.5 Å². The van der Waals surface area contributed by atoms with Crippen LogP contribution in [0, 0.1) is 0 Å². The van der Waals surface area contributed by atoms with Crippen molar-refractivity contribution < 1.29 is 19.7 Å². The summed E-state index contributed by atoms with van der Waals surface area (Å²) in [7, 11) is 0. The van der Waals surface area contributed by atoms with Gasteiger partial charge in [0, 0.05) is 17.7 Å². The minimum atomic E-state index is -0.319. The molecule has 0 saturated heterocycles. The van der Waals surface area contributed by atoms with Crippen molar-refractivity contribution >= 4 is 11.0 Å². The van der Waals surface area contributed by atoms with Crippen LogP contribution in [0.2, 0.25) is 0 Å². The average Bonchev–Trinajstić information content (AvgIpc) is 2.54. The Morgan fingerprint density at radius 2 is 1.80 bits per heavy atom. The number of phenolic OH excluding ortho intramolecular Hbond substituents is 3. The lowest BCUT2D eigenvalue weighted by Gasteiger charge is -2.08. The molecule has 0 aliphatic carbocycles. The van der Waals surface area contributed by atoms with Crippen LogP contribution in [0.25, 0.3) is 22.1 Å². The van der Waals surface area contributed by atoms with Crippen LogP contribution in [-0.2, 0) is 6.42 Å². The molecule has 3 rings (SSSR count). The van der Waals surface area contributed by atoms with E-state index in [4.69, 9.17) is 4.42 Å². The first-order valence-electron chi connectivity index (χ1n) is 7.80. The molecule has 1 aromatic heterocycles. The fraction of sp³-hybridized carbons (Fsp3) is 0.150. The summed E-state index contributed by atoms with van der Waals surface area (Å²) in [4.78, 5) is 12.8. The molecule has 0 unspecified atom stereocenters. The quantitative estimate of drug-likeness (QED) is 0.626. The van der Waals surface area contributed by atoms with Gasteiger partial charge in [0.1, 0.15) is 29.1 Å². The zero-order valence-corrected chi connectivity index (χ0v) is 13.9. The molecule has 128 valence electrons. The van der Waals surface area contributed by atoms with Crippen LogP contribution < -0.4 is 5.43 Å². The van der Waals surface area contributed by atoms with Gasteiger partial charge in [-0.25, -0.2) is 0 Å². The number of allylic oxidation sites excluding steroid dienone is 2. The summed E-state index contributed by atoms with van der Waals surface area (Å²) in [6.07, 6.45) is 3.70. The highest BCUT2D eigenvalue weighted by molar-refractivity contribution is 5.84. The minimum Gasteiger partial charge on any atom is -0.508 e. The predicted molar refractivity (Wildman–Crippen MR) is 96.0 cm³/mol. The standard InChI is InChI=1S/C20H18O5/c1-11(2)3-4-12-7-15-19(9-17(12)22)25-10-16(20(15)24)14-6-5-13(21)8-18(14)23/h3,5-10,21-23H,4H2,1-2H3. The normalized spacial score (nSPS) is 10.8. The number of phenols is 3. The molecular weight excluding hydrogens is 320 g/mol. The molecule has 5 heteroatoms. The smallest absolute Gasteiger partial charge is 0.200 e. The lowest BCUT2D eigenvalue weighted by atomic mass is 10.0. The molecule has 0 atom stereocenters. The van der Waals surface area contributed by atoms with E-state index >= 15 is 0 Å². The van der Waals surface area contributed by atoms with Crippen molar-refractivity contribution in [3.05, 3.63) is 64.0 Å². The summed E-state index contributed by atoms with van der Waals surface area (Å²) in [6.45, 7) is 3.91. The molecule has 5 nitrogen and oxygen atoms in total. The van der Waals surface area contributed by atoms with E-state index in [2.05, 4.69) is 0 Å². The van der Waals surface area contributed by atoms with E-state index in [0.29, 0.717) is 17.4 Å². The van der Waals surface area contributed by atoms with E-state index in [0.717, 1.165) is 11.6 Å². The molecule has 25 heavy (non-hydrogen) atoms. The van der Waals surface area contributed by atoms with Gasteiger partial charge in [0.15, 0.2) is 0 Å². The Bertz CT molecular complexity index is 1040. The molecule has 0 aliphatic rings. The van der Waals surface area contributed by atoms with E-state index < -0.39 is 0 Å². The molecular formula is C20H18O5. The SMILES string of the molecule is CC(C)=CCc1cc2c(=O)c(-c3ccc(O)cc3O)coc2cc1O. The average molecular weight is 338 g/mol. The molecule has 2 aromatic carbocycles. The number of hydrogen-bond donors (Lipinski definition) is 3. The summed E-state index contributed by atoms with van der Waals surface area (Å²) in [5.74, 6) is -0.246. The van der Waals surface area contributed by atoms with E-state index in [1.165, 1.54) is 24.5 Å². The predicted octanol–water partition coefficient (Wildman–Crippen LogP) is 4.09. The molecule has 0 bridgehead atoms. The van der Waals surface area contributed by atoms with Crippen molar-refractivity contribution in [2.75, 3.05) is 0 Å². The second kappa shape index (κ2) is 6.36. The van der Waals surface area contributed by atoms with E-state index in [1.807, 2.05) is 19.9 Å². The Labute approximate surface area is 144 Å². The highest BCUT2D eigenvalue weighted by Gasteiger charge is 2.15. The van der Waals surface area contributed by atoms with Crippen LogP contribution in [0.3, 0.4) is 0 Å². The summed E-state index contributed by atoms with van der Waals surface area (Å²) in [5.41, 5.74) is 2.13. The highest BCUT2D eigenvalue weighted by Crippen LogP contribution is 2.32. The zero-order valence-electron chi connectivity index (χ0n) is 13.9. The fourth-order valence-electron chi connectivity index (χ4n) is 2.62.